The van der Waals surface area contributed by atoms with E-state index in [4.69, 9.17) is 25.9 Å². The summed E-state index contributed by atoms with van der Waals surface area (Å²) in [5, 5.41) is 5.53. The number of esters is 1. The largest absolute Gasteiger partial charge is 0.492 e. The Morgan fingerprint density at radius 1 is 1.11 bits per heavy atom. The van der Waals surface area contributed by atoms with Crippen LogP contribution in [-0.2, 0) is 16.0 Å². The van der Waals surface area contributed by atoms with Gasteiger partial charge >= 0.3 is 5.97 Å². The Hall–Kier alpha value is -4.04. The summed E-state index contributed by atoms with van der Waals surface area (Å²) in [4.78, 5) is 11.7. The van der Waals surface area contributed by atoms with Crippen LogP contribution in [0.3, 0.4) is 0 Å². The molecule has 0 amide bonds. The molecule has 0 spiro atoms. The second kappa shape index (κ2) is 9.68. The average molecular weight is 473 g/mol. The molecular formula is C27H28N4O4. The molecule has 3 aromatic carbocycles. The zero-order chi connectivity index (χ0) is 24.4. The molecule has 5 rings (SSSR count). The molecule has 4 N–H and O–H groups in total. The maximum atomic E-state index is 11.7. The summed E-state index contributed by atoms with van der Waals surface area (Å²) < 4.78 is 17.0. The van der Waals surface area contributed by atoms with Crippen molar-refractivity contribution < 1.29 is 19.0 Å². The summed E-state index contributed by atoms with van der Waals surface area (Å²) in [7, 11) is 1.40. The Morgan fingerprint density at radius 2 is 1.94 bits per heavy atom. The van der Waals surface area contributed by atoms with Crippen molar-refractivity contribution in [3.05, 3.63) is 89.0 Å². The third-order valence-corrected chi connectivity index (χ3v) is 6.63. The smallest absolute Gasteiger partial charge is 0.306 e. The van der Waals surface area contributed by atoms with Crippen molar-refractivity contribution in [3.8, 4) is 11.5 Å². The molecule has 35 heavy (non-hydrogen) atoms. The molecule has 1 aliphatic carbocycles. The normalized spacial score (nSPS) is 18.4. The monoisotopic (exact) mass is 472 g/mol. The van der Waals surface area contributed by atoms with Gasteiger partial charge in [-0.15, -0.1) is 0 Å². The van der Waals surface area contributed by atoms with Crippen LogP contribution in [0.1, 0.15) is 47.1 Å². The van der Waals surface area contributed by atoms with Crippen LogP contribution in [0.4, 0.5) is 5.69 Å². The van der Waals surface area contributed by atoms with E-state index >= 15 is 0 Å². The number of ether oxygens (including phenoxy) is 3. The third kappa shape index (κ3) is 4.40. The fraction of sp³-hybridized carbons (Fsp3) is 0.259. The van der Waals surface area contributed by atoms with E-state index in [2.05, 4.69) is 11.2 Å². The lowest BCUT2D eigenvalue weighted by molar-refractivity contribution is -0.141. The summed E-state index contributed by atoms with van der Waals surface area (Å²) >= 11 is 0. The van der Waals surface area contributed by atoms with E-state index in [1.54, 1.807) is 0 Å². The predicted octanol–water partition coefficient (Wildman–Crippen LogP) is 3.79. The highest BCUT2D eigenvalue weighted by Gasteiger charge is 2.30. The van der Waals surface area contributed by atoms with Gasteiger partial charge in [0.05, 0.1) is 25.8 Å². The lowest BCUT2D eigenvalue weighted by Gasteiger charge is -2.22. The molecule has 0 saturated carbocycles. The number of carbonyl (C=O) groups excluding carboxylic acids is 1. The van der Waals surface area contributed by atoms with Crippen molar-refractivity contribution in [1.29, 1.82) is 0 Å². The van der Waals surface area contributed by atoms with Crippen LogP contribution in [0.2, 0.25) is 0 Å². The molecule has 1 aliphatic heterocycles. The zero-order valence-electron chi connectivity index (χ0n) is 19.5. The van der Waals surface area contributed by atoms with Gasteiger partial charge in [0, 0.05) is 23.1 Å². The van der Waals surface area contributed by atoms with Gasteiger partial charge in [0.25, 0.3) is 0 Å². The minimum atomic E-state index is -0.242. The molecule has 0 fully saturated rings. The number of nitrogens with zero attached hydrogens (tertiary/aromatic N) is 2. The van der Waals surface area contributed by atoms with Gasteiger partial charge in [-0.3, -0.25) is 9.80 Å². The van der Waals surface area contributed by atoms with Crippen molar-refractivity contribution in [2.45, 2.75) is 31.3 Å². The fourth-order valence-electron chi connectivity index (χ4n) is 4.87. The standard InChI is InChI=1S/C27H28N4O4/c1-33-26(32)14-17-16-34-25-15-19(10-11-20(17)25)35-24-13-12-21-22(24)8-5-9-23(21)27(30-28)31(29)18-6-3-2-4-7-18/h2-11,15,17,24H,12-14,16,28-29H2,1H3/b30-27-/t17-,24-/m1/s1. The van der Waals surface area contributed by atoms with E-state index in [0.29, 0.717) is 18.9 Å². The summed E-state index contributed by atoms with van der Waals surface area (Å²) in [5.41, 5.74) is 4.91. The number of methoxy groups -OCH3 is 1. The minimum Gasteiger partial charge on any atom is -0.492 e. The van der Waals surface area contributed by atoms with E-state index in [0.717, 1.165) is 52.3 Å². The molecule has 0 saturated heterocycles. The van der Waals surface area contributed by atoms with Gasteiger partial charge in [-0.1, -0.05) is 42.5 Å². The first-order chi connectivity index (χ1) is 17.1. The third-order valence-electron chi connectivity index (χ3n) is 6.63. The van der Waals surface area contributed by atoms with E-state index in [-0.39, 0.29) is 18.0 Å². The molecule has 1 heterocycles. The van der Waals surface area contributed by atoms with Gasteiger partial charge in [0.15, 0.2) is 5.84 Å². The topological polar surface area (TPSA) is 112 Å². The summed E-state index contributed by atoms with van der Waals surface area (Å²) in [5.74, 6) is 13.9. The molecule has 3 aromatic rings. The molecule has 0 aromatic heterocycles. The van der Waals surface area contributed by atoms with Crippen molar-refractivity contribution in [1.82, 2.24) is 0 Å². The number of anilines is 1. The first-order valence-corrected chi connectivity index (χ1v) is 11.6. The molecule has 0 unspecified atom stereocenters. The number of hydrogen-bond donors (Lipinski definition) is 2. The van der Waals surface area contributed by atoms with Gasteiger partial charge in [-0.2, -0.15) is 5.10 Å². The lowest BCUT2D eigenvalue weighted by Crippen LogP contribution is -2.39. The van der Waals surface area contributed by atoms with E-state index in [1.807, 2.05) is 60.7 Å². The van der Waals surface area contributed by atoms with Crippen LogP contribution in [0.25, 0.3) is 0 Å². The number of hydrazine groups is 1. The molecule has 2 aliphatic rings. The summed E-state index contributed by atoms with van der Waals surface area (Å²) in [6.45, 7) is 0.460. The summed E-state index contributed by atoms with van der Waals surface area (Å²) in [6.07, 6.45) is 1.83. The van der Waals surface area contributed by atoms with E-state index in [9.17, 15) is 4.79 Å². The van der Waals surface area contributed by atoms with E-state index < -0.39 is 0 Å². The number of hydrogen-bond acceptors (Lipinski definition) is 7. The molecular weight excluding hydrogens is 444 g/mol. The number of carbonyl (C=O) groups is 1. The van der Waals surface area contributed by atoms with Crippen molar-refractivity contribution in [3.63, 3.8) is 0 Å². The highest BCUT2D eigenvalue weighted by Crippen LogP contribution is 2.41. The molecule has 0 bridgehead atoms. The maximum absolute atomic E-state index is 11.7. The quantitative estimate of drug-likeness (QED) is 0.185. The fourth-order valence-corrected chi connectivity index (χ4v) is 4.87. The maximum Gasteiger partial charge on any atom is 0.306 e. The predicted molar refractivity (Wildman–Crippen MR) is 133 cm³/mol. The number of hydrazone groups is 1. The minimum absolute atomic E-state index is 0.000871. The first kappa shape index (κ1) is 22.7. The lowest BCUT2D eigenvalue weighted by atomic mass is 9.98. The Kier molecular flexibility index (Phi) is 6.29. The highest BCUT2D eigenvalue weighted by molar-refractivity contribution is 6.10. The Labute approximate surface area is 204 Å². The molecule has 0 radical (unpaired) electrons. The molecule has 180 valence electrons. The Morgan fingerprint density at radius 3 is 2.71 bits per heavy atom. The second-order valence-electron chi connectivity index (χ2n) is 8.66. The van der Waals surface area contributed by atoms with Crippen LogP contribution in [0.15, 0.2) is 71.8 Å². The van der Waals surface area contributed by atoms with Crippen LogP contribution < -0.4 is 26.2 Å². The van der Waals surface area contributed by atoms with E-state index in [1.165, 1.54) is 12.1 Å². The molecule has 8 heteroatoms. The van der Waals surface area contributed by atoms with Crippen molar-refractivity contribution in [2.24, 2.45) is 16.8 Å². The number of amidine groups is 1. The number of nitrogens with two attached hydrogens (primary N) is 2. The number of rotatable bonds is 6. The molecule has 2 atom stereocenters. The van der Waals surface area contributed by atoms with Gasteiger partial charge in [-0.05, 0) is 42.2 Å². The van der Waals surface area contributed by atoms with Crippen LogP contribution >= 0.6 is 0 Å². The Bertz CT molecular complexity index is 1260. The van der Waals surface area contributed by atoms with Crippen LogP contribution in [0.5, 0.6) is 11.5 Å². The van der Waals surface area contributed by atoms with Gasteiger partial charge in [0.2, 0.25) is 0 Å². The van der Waals surface area contributed by atoms with Gasteiger partial charge in [0.1, 0.15) is 17.6 Å². The van der Waals surface area contributed by atoms with Crippen molar-refractivity contribution in [2.75, 3.05) is 18.7 Å². The van der Waals surface area contributed by atoms with Crippen LogP contribution in [0, 0.1) is 0 Å². The second-order valence-corrected chi connectivity index (χ2v) is 8.66. The first-order valence-electron chi connectivity index (χ1n) is 11.6. The van der Waals surface area contributed by atoms with Crippen LogP contribution in [-0.4, -0.2) is 25.5 Å². The average Bonchev–Trinajstić information content (AvgIpc) is 3.49. The SMILES string of the molecule is COC(=O)C[C@@H]1COc2cc(O[C@@H]3CCc4c(/C(=N/N)N(N)c5ccccc5)cccc43)ccc21. The number of para-hydroxylation sites is 1. The van der Waals surface area contributed by atoms with Crippen molar-refractivity contribution >= 4 is 17.5 Å². The Balaban J connectivity index is 1.36. The number of fused-ring (bicyclic) bond motifs is 2. The number of benzene rings is 3. The van der Waals surface area contributed by atoms with Gasteiger partial charge < -0.3 is 20.1 Å². The van der Waals surface area contributed by atoms with Gasteiger partial charge in [-0.25, -0.2) is 5.84 Å². The summed E-state index contributed by atoms with van der Waals surface area (Å²) in [6, 6.07) is 21.4. The zero-order valence-corrected chi connectivity index (χ0v) is 19.5. The highest BCUT2D eigenvalue weighted by atomic mass is 16.5. The molecule has 8 nitrogen and oxygen atoms in total.